The monoisotopic (exact) mass is 291 g/mol. The SMILES string of the molecule is Clc1cc(CCC2CCCCCCN2)c(Cl)s1. The highest BCUT2D eigenvalue weighted by molar-refractivity contribution is 7.20. The first-order chi connectivity index (χ1) is 8.25. The molecule has 0 aliphatic carbocycles. The average Bonchev–Trinajstić information content (AvgIpc) is 2.56. The van der Waals surface area contributed by atoms with Gasteiger partial charge in [0.2, 0.25) is 0 Å². The summed E-state index contributed by atoms with van der Waals surface area (Å²) in [6.45, 7) is 1.17. The minimum Gasteiger partial charge on any atom is -0.314 e. The Morgan fingerprint density at radius 2 is 2.06 bits per heavy atom. The van der Waals surface area contributed by atoms with Gasteiger partial charge in [-0.2, -0.15) is 0 Å². The second kappa shape index (κ2) is 6.98. The zero-order chi connectivity index (χ0) is 12.1. The highest BCUT2D eigenvalue weighted by Gasteiger charge is 2.12. The van der Waals surface area contributed by atoms with Gasteiger partial charge in [0, 0.05) is 6.04 Å². The molecule has 0 amide bonds. The molecule has 1 aromatic heterocycles. The molecule has 0 aromatic carbocycles. The van der Waals surface area contributed by atoms with Crippen molar-refractivity contribution in [2.45, 2.75) is 51.0 Å². The van der Waals surface area contributed by atoms with Crippen LogP contribution in [0.3, 0.4) is 0 Å². The number of aryl methyl sites for hydroxylation is 1. The fourth-order valence-corrected chi connectivity index (χ4v) is 3.94. The Kier molecular flexibility index (Phi) is 5.61. The molecule has 0 bridgehead atoms. The van der Waals surface area contributed by atoms with Gasteiger partial charge >= 0.3 is 0 Å². The van der Waals surface area contributed by atoms with Crippen LogP contribution in [-0.4, -0.2) is 12.6 Å². The van der Waals surface area contributed by atoms with Crippen molar-refractivity contribution in [2.75, 3.05) is 6.54 Å². The molecule has 1 saturated heterocycles. The summed E-state index contributed by atoms with van der Waals surface area (Å²) in [4.78, 5) is 0. The minimum atomic E-state index is 0.657. The third-order valence-electron chi connectivity index (χ3n) is 3.40. The maximum atomic E-state index is 6.13. The highest BCUT2D eigenvalue weighted by Crippen LogP contribution is 2.32. The van der Waals surface area contributed by atoms with Crippen LogP contribution in [-0.2, 0) is 6.42 Å². The van der Waals surface area contributed by atoms with E-state index in [1.54, 1.807) is 0 Å². The Balaban J connectivity index is 1.81. The quantitative estimate of drug-likeness (QED) is 0.834. The first-order valence-corrected chi connectivity index (χ1v) is 8.00. The first-order valence-electron chi connectivity index (χ1n) is 6.43. The van der Waals surface area contributed by atoms with Crippen LogP contribution in [0, 0.1) is 0 Å². The molecule has 0 saturated carbocycles. The van der Waals surface area contributed by atoms with Gasteiger partial charge in [0.1, 0.15) is 0 Å². The van der Waals surface area contributed by atoms with Crippen LogP contribution in [0.1, 0.15) is 44.1 Å². The molecule has 1 N–H and O–H groups in total. The van der Waals surface area contributed by atoms with Gasteiger partial charge in [-0.15, -0.1) is 11.3 Å². The molecule has 0 radical (unpaired) electrons. The number of rotatable bonds is 3. The molecule has 1 unspecified atom stereocenters. The Morgan fingerprint density at radius 3 is 2.82 bits per heavy atom. The Bertz CT molecular complexity index is 343. The fourth-order valence-electron chi connectivity index (χ4n) is 2.40. The Hall–Kier alpha value is 0.240. The molecule has 2 heterocycles. The van der Waals surface area contributed by atoms with Gasteiger partial charge < -0.3 is 5.32 Å². The summed E-state index contributed by atoms with van der Waals surface area (Å²) in [7, 11) is 0. The standard InChI is InChI=1S/C13H19Cl2NS/c14-12-9-10(13(15)17-12)6-7-11-5-3-1-2-4-8-16-11/h9,11,16H,1-8H2. The van der Waals surface area contributed by atoms with E-state index in [9.17, 15) is 0 Å². The second-order valence-electron chi connectivity index (χ2n) is 4.74. The van der Waals surface area contributed by atoms with E-state index < -0.39 is 0 Å². The molecule has 1 nitrogen and oxygen atoms in total. The third-order valence-corrected chi connectivity index (χ3v) is 4.97. The van der Waals surface area contributed by atoms with Crippen LogP contribution in [0.4, 0.5) is 0 Å². The van der Waals surface area contributed by atoms with Gasteiger partial charge in [-0.3, -0.25) is 0 Å². The van der Waals surface area contributed by atoms with Gasteiger partial charge in [-0.25, -0.2) is 0 Å². The molecule has 0 spiro atoms. The van der Waals surface area contributed by atoms with E-state index in [4.69, 9.17) is 23.2 Å². The summed E-state index contributed by atoms with van der Waals surface area (Å²) in [6, 6.07) is 2.67. The predicted octanol–water partition coefficient (Wildman–Crippen LogP) is 4.91. The maximum Gasteiger partial charge on any atom is 0.0976 e. The van der Waals surface area contributed by atoms with E-state index >= 15 is 0 Å². The Labute approximate surface area is 118 Å². The van der Waals surface area contributed by atoms with Gasteiger partial charge in [-0.1, -0.05) is 42.5 Å². The Morgan fingerprint density at radius 1 is 1.24 bits per heavy atom. The molecule has 1 fully saturated rings. The molecular weight excluding hydrogens is 273 g/mol. The van der Waals surface area contributed by atoms with Crippen molar-refractivity contribution in [1.29, 1.82) is 0 Å². The van der Waals surface area contributed by atoms with Gasteiger partial charge in [0.25, 0.3) is 0 Å². The van der Waals surface area contributed by atoms with E-state index in [1.165, 1.54) is 62.0 Å². The highest BCUT2D eigenvalue weighted by atomic mass is 35.5. The normalized spacial score (nSPS) is 22.1. The van der Waals surface area contributed by atoms with Gasteiger partial charge in [-0.05, 0) is 43.9 Å². The van der Waals surface area contributed by atoms with Gasteiger partial charge in [0.05, 0.1) is 8.67 Å². The molecule has 2 rings (SSSR count). The topological polar surface area (TPSA) is 12.0 Å². The zero-order valence-electron chi connectivity index (χ0n) is 9.98. The van der Waals surface area contributed by atoms with Crippen LogP contribution in [0.2, 0.25) is 8.67 Å². The molecule has 1 aromatic rings. The van der Waals surface area contributed by atoms with Crippen LogP contribution in [0.25, 0.3) is 0 Å². The largest absolute Gasteiger partial charge is 0.314 e. The van der Waals surface area contributed by atoms with Crippen molar-refractivity contribution in [3.8, 4) is 0 Å². The lowest BCUT2D eigenvalue weighted by Gasteiger charge is -2.21. The van der Waals surface area contributed by atoms with Crippen molar-refractivity contribution in [3.05, 3.63) is 20.3 Å². The second-order valence-corrected chi connectivity index (χ2v) is 7.03. The molecule has 1 aliphatic heterocycles. The lowest BCUT2D eigenvalue weighted by molar-refractivity contribution is 0.399. The molecule has 4 heteroatoms. The van der Waals surface area contributed by atoms with Crippen LogP contribution in [0.5, 0.6) is 0 Å². The van der Waals surface area contributed by atoms with Crippen LogP contribution < -0.4 is 5.32 Å². The summed E-state index contributed by atoms with van der Waals surface area (Å²) in [6.07, 6.45) is 8.97. The molecule has 96 valence electrons. The van der Waals surface area contributed by atoms with Crippen molar-refractivity contribution in [3.63, 3.8) is 0 Å². The predicted molar refractivity (Wildman–Crippen MR) is 77.5 cm³/mol. The van der Waals surface area contributed by atoms with E-state index in [0.717, 1.165) is 15.1 Å². The maximum absolute atomic E-state index is 6.13. The third kappa shape index (κ3) is 4.44. The van der Waals surface area contributed by atoms with E-state index in [1.807, 2.05) is 6.07 Å². The first kappa shape index (κ1) is 13.7. The van der Waals surface area contributed by atoms with Crippen molar-refractivity contribution in [1.82, 2.24) is 5.32 Å². The summed E-state index contributed by atoms with van der Waals surface area (Å²) in [5.74, 6) is 0. The smallest absolute Gasteiger partial charge is 0.0976 e. The number of hydrogen-bond donors (Lipinski definition) is 1. The molecule has 1 aliphatic rings. The van der Waals surface area contributed by atoms with Crippen molar-refractivity contribution >= 4 is 34.5 Å². The summed E-state index contributed by atoms with van der Waals surface area (Å²) < 4.78 is 1.66. The van der Waals surface area contributed by atoms with E-state index in [0.29, 0.717) is 6.04 Å². The van der Waals surface area contributed by atoms with Crippen LogP contribution >= 0.6 is 34.5 Å². The lowest BCUT2D eigenvalue weighted by atomic mass is 9.99. The zero-order valence-corrected chi connectivity index (χ0v) is 12.3. The number of hydrogen-bond acceptors (Lipinski definition) is 2. The minimum absolute atomic E-state index is 0.657. The number of nitrogens with one attached hydrogen (secondary N) is 1. The van der Waals surface area contributed by atoms with E-state index in [2.05, 4.69) is 5.32 Å². The summed E-state index contributed by atoms with van der Waals surface area (Å²) >= 11 is 13.6. The number of thiophene rings is 1. The molecule has 17 heavy (non-hydrogen) atoms. The van der Waals surface area contributed by atoms with Crippen molar-refractivity contribution in [2.24, 2.45) is 0 Å². The van der Waals surface area contributed by atoms with Gasteiger partial charge in [0.15, 0.2) is 0 Å². The molecular formula is C13H19Cl2NS. The fraction of sp³-hybridized carbons (Fsp3) is 0.692. The molecule has 1 atom stereocenters. The summed E-state index contributed by atoms with van der Waals surface area (Å²) in [5.41, 5.74) is 1.21. The summed E-state index contributed by atoms with van der Waals surface area (Å²) in [5, 5.41) is 3.65. The van der Waals surface area contributed by atoms with Crippen LogP contribution in [0.15, 0.2) is 6.07 Å². The van der Waals surface area contributed by atoms with E-state index in [-0.39, 0.29) is 0 Å². The lowest BCUT2D eigenvalue weighted by Crippen LogP contribution is -2.31. The van der Waals surface area contributed by atoms with Crippen molar-refractivity contribution < 1.29 is 0 Å². The average molecular weight is 292 g/mol. The number of halogens is 2.